The van der Waals surface area contributed by atoms with Crippen molar-refractivity contribution in [2.45, 2.75) is 50.6 Å². The molecule has 0 radical (unpaired) electrons. The van der Waals surface area contributed by atoms with Crippen molar-refractivity contribution in [1.82, 2.24) is 5.32 Å². The molecule has 0 aromatic heterocycles. The van der Waals surface area contributed by atoms with Crippen LogP contribution in [0.25, 0.3) is 0 Å². The standard InChI is InChI=1S/C11H21NO2S/c1-15-8-7-10(11(13)14)12-9-5-3-2-4-6-9/h9-10,12H,2-8H2,1H3,(H,13,14). The van der Waals surface area contributed by atoms with Crippen molar-refractivity contribution in [2.24, 2.45) is 0 Å². The molecule has 1 fully saturated rings. The number of rotatable bonds is 6. The van der Waals surface area contributed by atoms with E-state index >= 15 is 0 Å². The molecule has 0 bridgehead atoms. The Morgan fingerprint density at radius 3 is 2.67 bits per heavy atom. The van der Waals surface area contributed by atoms with Crippen molar-refractivity contribution in [1.29, 1.82) is 0 Å². The average molecular weight is 231 g/mol. The van der Waals surface area contributed by atoms with Crippen LogP contribution in [0.5, 0.6) is 0 Å². The number of thioether (sulfide) groups is 1. The normalized spacial score (nSPS) is 20.1. The van der Waals surface area contributed by atoms with Crippen molar-refractivity contribution >= 4 is 17.7 Å². The van der Waals surface area contributed by atoms with Crippen LogP contribution in [0.1, 0.15) is 38.5 Å². The van der Waals surface area contributed by atoms with Gasteiger partial charge in [0.05, 0.1) is 0 Å². The first-order chi connectivity index (χ1) is 7.24. The van der Waals surface area contributed by atoms with Crippen LogP contribution in [0.3, 0.4) is 0 Å². The highest BCUT2D eigenvalue weighted by molar-refractivity contribution is 7.98. The Labute approximate surface area is 96.0 Å². The maximum Gasteiger partial charge on any atom is 0.320 e. The Bertz CT molecular complexity index is 193. The summed E-state index contributed by atoms with van der Waals surface area (Å²) in [6, 6.07) is 0.0854. The van der Waals surface area contributed by atoms with Gasteiger partial charge in [0, 0.05) is 6.04 Å². The molecule has 15 heavy (non-hydrogen) atoms. The molecular weight excluding hydrogens is 210 g/mol. The number of aliphatic carboxylic acids is 1. The van der Waals surface area contributed by atoms with Crippen LogP contribution >= 0.6 is 11.8 Å². The fourth-order valence-electron chi connectivity index (χ4n) is 2.07. The van der Waals surface area contributed by atoms with E-state index in [1.807, 2.05) is 6.26 Å². The summed E-state index contributed by atoms with van der Waals surface area (Å²) in [7, 11) is 0. The monoisotopic (exact) mass is 231 g/mol. The van der Waals surface area contributed by atoms with Gasteiger partial charge in [-0.15, -0.1) is 0 Å². The molecule has 0 amide bonds. The topological polar surface area (TPSA) is 49.3 Å². The van der Waals surface area contributed by atoms with E-state index in [2.05, 4.69) is 5.32 Å². The molecule has 1 atom stereocenters. The van der Waals surface area contributed by atoms with Gasteiger partial charge in [-0.3, -0.25) is 4.79 Å². The van der Waals surface area contributed by atoms with Gasteiger partial charge in [-0.25, -0.2) is 0 Å². The molecule has 0 saturated heterocycles. The second-order valence-corrected chi connectivity index (χ2v) is 5.16. The fourth-order valence-corrected chi connectivity index (χ4v) is 2.54. The summed E-state index contributed by atoms with van der Waals surface area (Å²) < 4.78 is 0. The van der Waals surface area contributed by atoms with Gasteiger partial charge in [0.15, 0.2) is 0 Å². The molecule has 1 aliphatic carbocycles. The maximum absolute atomic E-state index is 11.0. The zero-order valence-electron chi connectivity index (χ0n) is 9.37. The molecule has 0 spiro atoms. The van der Waals surface area contributed by atoms with Gasteiger partial charge in [-0.1, -0.05) is 19.3 Å². The average Bonchev–Trinajstić information content (AvgIpc) is 2.25. The Morgan fingerprint density at radius 1 is 1.47 bits per heavy atom. The van der Waals surface area contributed by atoms with Crippen molar-refractivity contribution in [2.75, 3.05) is 12.0 Å². The van der Waals surface area contributed by atoms with Crippen LogP contribution in [0, 0.1) is 0 Å². The van der Waals surface area contributed by atoms with E-state index in [9.17, 15) is 4.79 Å². The Balaban J connectivity index is 2.31. The van der Waals surface area contributed by atoms with Gasteiger partial charge in [0.1, 0.15) is 6.04 Å². The summed E-state index contributed by atoms with van der Waals surface area (Å²) in [4.78, 5) is 11.0. The second-order valence-electron chi connectivity index (χ2n) is 4.17. The van der Waals surface area contributed by atoms with Gasteiger partial charge in [-0.2, -0.15) is 11.8 Å². The number of hydrogen-bond acceptors (Lipinski definition) is 3. The van der Waals surface area contributed by atoms with Gasteiger partial charge < -0.3 is 10.4 Å². The molecule has 2 N–H and O–H groups in total. The lowest BCUT2D eigenvalue weighted by molar-refractivity contribution is -0.139. The third kappa shape index (κ3) is 4.89. The van der Waals surface area contributed by atoms with Crippen LogP contribution in [0.2, 0.25) is 0 Å². The zero-order chi connectivity index (χ0) is 11.1. The molecule has 0 aromatic carbocycles. The van der Waals surface area contributed by atoms with E-state index in [-0.39, 0.29) is 6.04 Å². The van der Waals surface area contributed by atoms with Gasteiger partial charge in [-0.05, 0) is 31.3 Å². The summed E-state index contributed by atoms with van der Waals surface area (Å²) in [5.41, 5.74) is 0. The lowest BCUT2D eigenvalue weighted by atomic mass is 9.94. The summed E-state index contributed by atoms with van der Waals surface area (Å²) in [6.07, 6.45) is 8.82. The van der Waals surface area contributed by atoms with Crippen LogP contribution in [0.4, 0.5) is 0 Å². The highest BCUT2D eigenvalue weighted by Crippen LogP contribution is 2.18. The number of carbonyl (C=O) groups is 1. The molecule has 1 unspecified atom stereocenters. The minimum Gasteiger partial charge on any atom is -0.480 e. The van der Waals surface area contributed by atoms with E-state index < -0.39 is 5.97 Å². The maximum atomic E-state index is 11.0. The van der Waals surface area contributed by atoms with Crippen molar-refractivity contribution in [3.63, 3.8) is 0 Å². The summed E-state index contributed by atoms with van der Waals surface area (Å²) in [6.45, 7) is 0. The smallest absolute Gasteiger partial charge is 0.320 e. The largest absolute Gasteiger partial charge is 0.480 e. The summed E-state index contributed by atoms with van der Waals surface area (Å²) >= 11 is 1.71. The van der Waals surface area contributed by atoms with Gasteiger partial charge in [0.25, 0.3) is 0 Å². The lowest BCUT2D eigenvalue weighted by Gasteiger charge is -2.26. The molecule has 0 aliphatic heterocycles. The summed E-state index contributed by atoms with van der Waals surface area (Å²) in [5, 5.41) is 12.3. The van der Waals surface area contributed by atoms with E-state index in [0.29, 0.717) is 6.04 Å². The Morgan fingerprint density at radius 2 is 2.13 bits per heavy atom. The molecule has 88 valence electrons. The second kappa shape index (κ2) is 7.12. The quantitative estimate of drug-likeness (QED) is 0.735. The number of nitrogens with one attached hydrogen (secondary N) is 1. The molecule has 1 rings (SSSR count). The van der Waals surface area contributed by atoms with E-state index in [0.717, 1.165) is 25.0 Å². The Kier molecular flexibility index (Phi) is 6.10. The van der Waals surface area contributed by atoms with Gasteiger partial charge >= 0.3 is 5.97 Å². The molecule has 0 aromatic rings. The first kappa shape index (κ1) is 12.8. The first-order valence-corrected chi connectivity index (χ1v) is 7.11. The third-order valence-corrected chi connectivity index (χ3v) is 3.59. The SMILES string of the molecule is CSCCC(NC1CCCCC1)C(=O)O. The molecule has 1 aliphatic rings. The fraction of sp³-hybridized carbons (Fsp3) is 0.909. The minimum atomic E-state index is -0.699. The van der Waals surface area contributed by atoms with E-state index in [4.69, 9.17) is 5.11 Å². The first-order valence-electron chi connectivity index (χ1n) is 5.72. The molecule has 3 nitrogen and oxygen atoms in total. The van der Waals surface area contributed by atoms with Crippen LogP contribution in [-0.4, -0.2) is 35.2 Å². The zero-order valence-corrected chi connectivity index (χ0v) is 10.2. The van der Waals surface area contributed by atoms with Crippen LogP contribution in [-0.2, 0) is 4.79 Å². The van der Waals surface area contributed by atoms with Crippen molar-refractivity contribution in [3.8, 4) is 0 Å². The molecule has 0 heterocycles. The molecule has 4 heteroatoms. The highest BCUT2D eigenvalue weighted by atomic mass is 32.2. The Hall–Kier alpha value is -0.220. The van der Waals surface area contributed by atoms with Crippen LogP contribution in [0.15, 0.2) is 0 Å². The molecular formula is C11H21NO2S. The lowest BCUT2D eigenvalue weighted by Crippen LogP contribution is -2.44. The van der Waals surface area contributed by atoms with E-state index in [1.165, 1.54) is 19.3 Å². The number of carboxylic acids is 1. The predicted molar refractivity (Wildman–Crippen MR) is 64.4 cm³/mol. The van der Waals surface area contributed by atoms with Gasteiger partial charge in [0.2, 0.25) is 0 Å². The molecule has 1 saturated carbocycles. The number of hydrogen-bond donors (Lipinski definition) is 2. The van der Waals surface area contributed by atoms with Crippen LogP contribution < -0.4 is 5.32 Å². The van der Waals surface area contributed by atoms with E-state index in [1.54, 1.807) is 11.8 Å². The summed E-state index contributed by atoms with van der Waals surface area (Å²) in [5.74, 6) is 0.214. The number of carboxylic acid groups (broad SMARTS) is 1. The van der Waals surface area contributed by atoms with Crippen molar-refractivity contribution < 1.29 is 9.90 Å². The van der Waals surface area contributed by atoms with Crippen molar-refractivity contribution in [3.05, 3.63) is 0 Å². The highest BCUT2D eigenvalue weighted by Gasteiger charge is 2.22. The minimum absolute atomic E-state index is 0.347. The third-order valence-electron chi connectivity index (χ3n) is 2.95. The predicted octanol–water partition coefficient (Wildman–Crippen LogP) is 2.11.